The summed E-state index contributed by atoms with van der Waals surface area (Å²) in [5.41, 5.74) is -0.655. The zero-order valence-electron chi connectivity index (χ0n) is 10.8. The first kappa shape index (κ1) is 17.3. The molecular weight excluding hydrogens is 393 g/mol. The predicted molar refractivity (Wildman–Crippen MR) is 73.5 cm³/mol. The normalized spacial score (nSPS) is 35.4. The third kappa shape index (κ3) is 3.28. The SMILES string of the molecule is CC1(COC(=O)C(F)(F)F)CCC(CBr)C1(C)CBr. The van der Waals surface area contributed by atoms with Gasteiger partial charge in [0.1, 0.15) is 0 Å². The van der Waals surface area contributed by atoms with Gasteiger partial charge in [0.05, 0.1) is 6.61 Å². The summed E-state index contributed by atoms with van der Waals surface area (Å²) in [5.74, 6) is -1.76. The lowest BCUT2D eigenvalue weighted by atomic mass is 9.66. The maximum Gasteiger partial charge on any atom is 0.490 e. The van der Waals surface area contributed by atoms with Crippen molar-refractivity contribution < 1.29 is 22.7 Å². The van der Waals surface area contributed by atoms with Crippen molar-refractivity contribution in [2.24, 2.45) is 16.7 Å². The van der Waals surface area contributed by atoms with Gasteiger partial charge in [-0.3, -0.25) is 0 Å². The van der Waals surface area contributed by atoms with Crippen LogP contribution in [0.15, 0.2) is 0 Å². The van der Waals surface area contributed by atoms with Gasteiger partial charge in [0.2, 0.25) is 0 Å². The molecule has 0 amide bonds. The molecule has 1 aliphatic carbocycles. The van der Waals surface area contributed by atoms with E-state index in [-0.39, 0.29) is 12.0 Å². The molecule has 19 heavy (non-hydrogen) atoms. The summed E-state index contributed by atoms with van der Waals surface area (Å²) in [4.78, 5) is 10.8. The standard InChI is InChI=1S/C12H17Br2F3O2/c1-10(7-19-9(18)12(15,16)17)4-3-8(5-13)11(10,2)6-14/h8H,3-7H2,1-2H3. The van der Waals surface area contributed by atoms with Crippen LogP contribution in [0.25, 0.3) is 0 Å². The van der Waals surface area contributed by atoms with Crippen molar-refractivity contribution in [3.8, 4) is 0 Å². The van der Waals surface area contributed by atoms with Gasteiger partial charge in [-0.25, -0.2) is 4.79 Å². The predicted octanol–water partition coefficient (Wildman–Crippen LogP) is 4.30. The van der Waals surface area contributed by atoms with E-state index in [1.165, 1.54) is 0 Å². The second kappa shape index (κ2) is 5.92. The second-order valence-electron chi connectivity index (χ2n) is 5.58. The molecule has 0 bridgehead atoms. The lowest BCUT2D eigenvalue weighted by molar-refractivity contribution is -0.204. The van der Waals surface area contributed by atoms with Crippen LogP contribution in [0.3, 0.4) is 0 Å². The van der Waals surface area contributed by atoms with Crippen LogP contribution in [-0.2, 0) is 9.53 Å². The number of carbonyl (C=O) groups excluding carboxylic acids is 1. The van der Waals surface area contributed by atoms with E-state index in [4.69, 9.17) is 0 Å². The Bertz CT molecular complexity index is 348. The first-order valence-corrected chi connectivity index (χ1v) is 8.21. The molecule has 0 spiro atoms. The summed E-state index contributed by atoms with van der Waals surface area (Å²) in [6.45, 7) is 3.72. The van der Waals surface area contributed by atoms with Gasteiger partial charge < -0.3 is 4.74 Å². The van der Waals surface area contributed by atoms with Gasteiger partial charge in [-0.05, 0) is 24.2 Å². The molecule has 0 aliphatic heterocycles. The molecule has 3 unspecified atom stereocenters. The van der Waals surface area contributed by atoms with Gasteiger partial charge in [0.25, 0.3) is 0 Å². The zero-order chi connectivity index (χ0) is 14.9. The van der Waals surface area contributed by atoms with Crippen molar-refractivity contribution in [1.82, 2.24) is 0 Å². The van der Waals surface area contributed by atoms with Gasteiger partial charge in [-0.1, -0.05) is 45.7 Å². The minimum absolute atomic E-state index is 0.197. The van der Waals surface area contributed by atoms with Crippen molar-refractivity contribution in [2.75, 3.05) is 17.3 Å². The number of hydrogen-bond acceptors (Lipinski definition) is 2. The van der Waals surface area contributed by atoms with Crippen LogP contribution in [0, 0.1) is 16.7 Å². The Morgan fingerprint density at radius 1 is 1.37 bits per heavy atom. The average Bonchev–Trinajstić information content (AvgIpc) is 2.59. The van der Waals surface area contributed by atoms with Crippen molar-refractivity contribution in [2.45, 2.75) is 32.9 Å². The molecule has 7 heteroatoms. The number of alkyl halides is 5. The monoisotopic (exact) mass is 408 g/mol. The number of halogens is 5. The van der Waals surface area contributed by atoms with Gasteiger partial charge in [0, 0.05) is 16.1 Å². The Kier molecular flexibility index (Phi) is 5.38. The molecule has 0 aromatic heterocycles. The fourth-order valence-electron chi connectivity index (χ4n) is 2.65. The van der Waals surface area contributed by atoms with Crippen LogP contribution >= 0.6 is 31.9 Å². The van der Waals surface area contributed by atoms with E-state index in [9.17, 15) is 18.0 Å². The Morgan fingerprint density at radius 2 is 1.95 bits per heavy atom. The highest BCUT2D eigenvalue weighted by atomic mass is 79.9. The van der Waals surface area contributed by atoms with E-state index in [1.54, 1.807) is 0 Å². The molecule has 2 nitrogen and oxygen atoms in total. The summed E-state index contributed by atoms with van der Waals surface area (Å²) in [6, 6.07) is 0. The molecule has 0 radical (unpaired) electrons. The molecule has 0 aromatic rings. The van der Waals surface area contributed by atoms with Crippen molar-refractivity contribution in [3.63, 3.8) is 0 Å². The summed E-state index contributed by atoms with van der Waals surface area (Å²) >= 11 is 6.90. The number of rotatable bonds is 4. The molecule has 1 fully saturated rings. The summed E-state index contributed by atoms with van der Waals surface area (Å²) in [5, 5.41) is 1.45. The number of carbonyl (C=O) groups is 1. The van der Waals surface area contributed by atoms with Crippen molar-refractivity contribution in [3.05, 3.63) is 0 Å². The molecule has 0 aromatic carbocycles. The molecule has 0 saturated heterocycles. The summed E-state index contributed by atoms with van der Waals surface area (Å²) in [7, 11) is 0. The van der Waals surface area contributed by atoms with Crippen LogP contribution < -0.4 is 0 Å². The average molecular weight is 410 g/mol. The highest BCUT2D eigenvalue weighted by Crippen LogP contribution is 2.57. The Hall–Kier alpha value is 0.220. The lowest BCUT2D eigenvalue weighted by Crippen LogP contribution is -2.43. The van der Waals surface area contributed by atoms with Gasteiger partial charge in [-0.15, -0.1) is 0 Å². The third-order valence-electron chi connectivity index (χ3n) is 4.54. The van der Waals surface area contributed by atoms with Gasteiger partial charge in [-0.2, -0.15) is 13.2 Å². The summed E-state index contributed by atoms with van der Waals surface area (Å²) < 4.78 is 41.0. The van der Waals surface area contributed by atoms with Crippen LogP contribution in [0.2, 0.25) is 0 Å². The second-order valence-corrected chi connectivity index (χ2v) is 6.78. The van der Waals surface area contributed by atoms with E-state index in [2.05, 4.69) is 36.6 Å². The van der Waals surface area contributed by atoms with E-state index in [0.29, 0.717) is 11.2 Å². The van der Waals surface area contributed by atoms with E-state index < -0.39 is 17.6 Å². The number of hydrogen-bond donors (Lipinski definition) is 0. The molecule has 1 aliphatic rings. The Labute approximate surface area is 127 Å². The largest absolute Gasteiger partial charge is 0.490 e. The zero-order valence-corrected chi connectivity index (χ0v) is 14.0. The van der Waals surface area contributed by atoms with Crippen molar-refractivity contribution >= 4 is 37.8 Å². The Balaban J connectivity index is 2.79. The third-order valence-corrected chi connectivity index (χ3v) is 6.49. The lowest BCUT2D eigenvalue weighted by Gasteiger charge is -2.42. The maximum absolute atomic E-state index is 12.2. The topological polar surface area (TPSA) is 26.3 Å². The Morgan fingerprint density at radius 3 is 2.37 bits per heavy atom. The molecule has 1 rings (SSSR count). The first-order valence-electron chi connectivity index (χ1n) is 5.96. The molecule has 112 valence electrons. The number of ether oxygens (including phenoxy) is 1. The van der Waals surface area contributed by atoms with Crippen LogP contribution in [-0.4, -0.2) is 29.4 Å². The smallest absolute Gasteiger partial charge is 0.458 e. The molecule has 0 heterocycles. The van der Waals surface area contributed by atoms with Crippen LogP contribution in [0.5, 0.6) is 0 Å². The van der Waals surface area contributed by atoms with Gasteiger partial charge >= 0.3 is 12.1 Å². The van der Waals surface area contributed by atoms with Gasteiger partial charge in [0.15, 0.2) is 0 Å². The minimum atomic E-state index is -4.92. The fraction of sp³-hybridized carbons (Fsp3) is 0.917. The van der Waals surface area contributed by atoms with E-state index >= 15 is 0 Å². The molecular formula is C12H17Br2F3O2. The minimum Gasteiger partial charge on any atom is -0.458 e. The maximum atomic E-state index is 12.2. The molecule has 3 atom stereocenters. The van der Waals surface area contributed by atoms with Crippen LogP contribution in [0.1, 0.15) is 26.7 Å². The summed E-state index contributed by atoms with van der Waals surface area (Å²) in [6.07, 6.45) is -3.27. The highest BCUT2D eigenvalue weighted by molar-refractivity contribution is 9.09. The first-order chi connectivity index (χ1) is 8.60. The highest BCUT2D eigenvalue weighted by Gasteiger charge is 2.54. The fourth-order valence-corrected chi connectivity index (χ4v) is 4.82. The van der Waals surface area contributed by atoms with Crippen LogP contribution in [0.4, 0.5) is 13.2 Å². The molecule has 1 saturated carbocycles. The van der Waals surface area contributed by atoms with E-state index in [0.717, 1.165) is 18.2 Å². The number of esters is 1. The van der Waals surface area contributed by atoms with E-state index in [1.807, 2.05) is 13.8 Å². The molecule has 0 N–H and O–H groups in total. The van der Waals surface area contributed by atoms with Crippen molar-refractivity contribution in [1.29, 1.82) is 0 Å². The quantitative estimate of drug-likeness (QED) is 0.511.